The molecule has 1 saturated heterocycles. The molecule has 4 rings (SSSR count). The fourth-order valence-electron chi connectivity index (χ4n) is 3.98. The van der Waals surface area contributed by atoms with Crippen LogP contribution in [0.3, 0.4) is 0 Å². The Bertz CT molecular complexity index is 1010. The molecule has 1 aromatic heterocycles. The van der Waals surface area contributed by atoms with E-state index in [1.54, 1.807) is 30.0 Å². The zero-order chi connectivity index (χ0) is 21.1. The summed E-state index contributed by atoms with van der Waals surface area (Å²) in [6.45, 7) is 7.61. The van der Waals surface area contributed by atoms with Crippen molar-refractivity contribution in [2.24, 2.45) is 0 Å². The molecule has 0 atom stereocenters. The van der Waals surface area contributed by atoms with E-state index in [1.807, 2.05) is 13.0 Å². The predicted octanol–water partition coefficient (Wildman–Crippen LogP) is 3.75. The molecule has 0 amide bonds. The smallest absolute Gasteiger partial charge is 0.243 e. The van der Waals surface area contributed by atoms with Gasteiger partial charge in [-0.3, -0.25) is 4.57 Å². The van der Waals surface area contributed by atoms with Gasteiger partial charge in [0.15, 0.2) is 11.0 Å². The molecule has 1 aromatic carbocycles. The van der Waals surface area contributed by atoms with Crippen molar-refractivity contribution in [3.8, 4) is 11.4 Å². The first-order valence-electron chi connectivity index (χ1n) is 10.4. The van der Waals surface area contributed by atoms with Gasteiger partial charge in [-0.15, -0.1) is 10.2 Å². The van der Waals surface area contributed by atoms with Gasteiger partial charge < -0.3 is 4.74 Å². The first kappa shape index (κ1) is 21.5. The topological polar surface area (TPSA) is 77.3 Å². The molecular formula is C21H28N4O3S2. The molecule has 2 aliphatic rings. The maximum absolute atomic E-state index is 13.1. The Labute approximate surface area is 182 Å². The van der Waals surface area contributed by atoms with Crippen LogP contribution in [0.25, 0.3) is 11.4 Å². The summed E-state index contributed by atoms with van der Waals surface area (Å²) in [5.41, 5.74) is 1.87. The van der Waals surface area contributed by atoms with Crippen molar-refractivity contribution < 1.29 is 13.2 Å². The third-order valence-electron chi connectivity index (χ3n) is 5.50. The number of aromatic nitrogens is 3. The highest BCUT2D eigenvalue weighted by Gasteiger charge is 2.28. The van der Waals surface area contributed by atoms with E-state index in [2.05, 4.69) is 21.3 Å². The second-order valence-corrected chi connectivity index (χ2v) is 10.8. The highest BCUT2D eigenvalue weighted by Crippen LogP contribution is 2.37. The summed E-state index contributed by atoms with van der Waals surface area (Å²) in [4.78, 5) is 0.291. The molecular weight excluding hydrogens is 420 g/mol. The van der Waals surface area contributed by atoms with Gasteiger partial charge in [0.1, 0.15) is 0 Å². The van der Waals surface area contributed by atoms with Crippen LogP contribution in [0.2, 0.25) is 0 Å². The van der Waals surface area contributed by atoms with Gasteiger partial charge in [-0.25, -0.2) is 8.42 Å². The molecule has 1 aliphatic heterocycles. The molecule has 7 nitrogen and oxygen atoms in total. The SMILES string of the molecule is C=C(C)CSc1nnc(-c2cccc(S(=O)(=O)N3CCOCC3)c2)n1C1CCCC1. The standard InChI is InChI=1S/C21H28N4O3S2/c1-16(2)15-29-21-23-22-20(25(21)18-7-3-4-8-18)17-6-5-9-19(14-17)30(26,27)24-10-12-28-13-11-24/h5-6,9,14,18H,1,3-4,7-8,10-13,15H2,2H3. The highest BCUT2D eigenvalue weighted by atomic mass is 32.2. The van der Waals surface area contributed by atoms with E-state index in [1.165, 1.54) is 17.1 Å². The molecule has 1 aliphatic carbocycles. The van der Waals surface area contributed by atoms with Gasteiger partial charge in [-0.1, -0.05) is 48.9 Å². The van der Waals surface area contributed by atoms with E-state index < -0.39 is 10.0 Å². The second kappa shape index (κ2) is 9.21. The van der Waals surface area contributed by atoms with Crippen LogP contribution in [0.5, 0.6) is 0 Å². The van der Waals surface area contributed by atoms with Gasteiger partial charge in [-0.2, -0.15) is 4.31 Å². The average Bonchev–Trinajstić information content (AvgIpc) is 3.42. The Morgan fingerprint density at radius 1 is 1.23 bits per heavy atom. The lowest BCUT2D eigenvalue weighted by Gasteiger charge is -2.26. The van der Waals surface area contributed by atoms with Crippen molar-refractivity contribution in [2.75, 3.05) is 32.1 Å². The van der Waals surface area contributed by atoms with E-state index in [0.717, 1.165) is 40.7 Å². The third kappa shape index (κ3) is 4.49. The van der Waals surface area contributed by atoms with Crippen molar-refractivity contribution in [1.82, 2.24) is 19.1 Å². The Morgan fingerprint density at radius 3 is 2.67 bits per heavy atom. The second-order valence-electron chi connectivity index (χ2n) is 7.90. The summed E-state index contributed by atoms with van der Waals surface area (Å²) in [7, 11) is -3.56. The van der Waals surface area contributed by atoms with Gasteiger partial charge in [-0.05, 0) is 31.9 Å². The highest BCUT2D eigenvalue weighted by molar-refractivity contribution is 7.99. The number of hydrogen-bond donors (Lipinski definition) is 0. The normalized spacial score (nSPS) is 18.7. The number of sulfonamides is 1. The largest absolute Gasteiger partial charge is 0.379 e. The van der Waals surface area contributed by atoms with E-state index >= 15 is 0 Å². The van der Waals surface area contributed by atoms with Crippen LogP contribution in [0.4, 0.5) is 0 Å². The van der Waals surface area contributed by atoms with Gasteiger partial charge in [0.05, 0.1) is 18.1 Å². The number of benzene rings is 1. The molecule has 2 heterocycles. The Morgan fingerprint density at radius 2 is 1.97 bits per heavy atom. The third-order valence-corrected chi connectivity index (χ3v) is 8.57. The lowest BCUT2D eigenvalue weighted by Crippen LogP contribution is -2.40. The number of morpholine rings is 1. The molecule has 0 unspecified atom stereocenters. The van der Waals surface area contributed by atoms with Crippen LogP contribution in [0, 0.1) is 0 Å². The Kier molecular flexibility index (Phi) is 6.62. The van der Waals surface area contributed by atoms with Gasteiger partial charge >= 0.3 is 0 Å². The van der Waals surface area contributed by atoms with Crippen LogP contribution in [0.15, 0.2) is 46.5 Å². The van der Waals surface area contributed by atoms with E-state index in [0.29, 0.717) is 37.2 Å². The predicted molar refractivity (Wildman–Crippen MR) is 118 cm³/mol. The quantitative estimate of drug-likeness (QED) is 0.474. The molecule has 9 heteroatoms. The average molecular weight is 449 g/mol. The fraction of sp³-hybridized carbons (Fsp3) is 0.524. The van der Waals surface area contributed by atoms with Crippen molar-refractivity contribution in [2.45, 2.75) is 48.7 Å². The van der Waals surface area contributed by atoms with Crippen LogP contribution in [-0.2, 0) is 14.8 Å². The molecule has 30 heavy (non-hydrogen) atoms. The summed E-state index contributed by atoms with van der Waals surface area (Å²) in [6, 6.07) is 7.44. The minimum absolute atomic E-state index is 0.291. The lowest BCUT2D eigenvalue weighted by atomic mass is 10.2. The molecule has 162 valence electrons. The van der Waals surface area contributed by atoms with Gasteiger partial charge in [0.2, 0.25) is 10.0 Å². The van der Waals surface area contributed by atoms with E-state index in [4.69, 9.17) is 4.74 Å². The maximum Gasteiger partial charge on any atom is 0.243 e. The van der Waals surface area contributed by atoms with E-state index in [9.17, 15) is 8.42 Å². The molecule has 1 saturated carbocycles. The van der Waals surface area contributed by atoms with Crippen molar-refractivity contribution in [1.29, 1.82) is 0 Å². The number of rotatable bonds is 7. The molecule has 2 fully saturated rings. The lowest BCUT2D eigenvalue weighted by molar-refractivity contribution is 0.0730. The number of ether oxygens (including phenoxy) is 1. The van der Waals surface area contributed by atoms with Crippen LogP contribution in [-0.4, -0.2) is 59.5 Å². The minimum Gasteiger partial charge on any atom is -0.379 e. The monoisotopic (exact) mass is 448 g/mol. The van der Waals surface area contributed by atoms with Crippen LogP contribution >= 0.6 is 11.8 Å². The number of thioether (sulfide) groups is 1. The van der Waals surface area contributed by atoms with Crippen molar-refractivity contribution in [3.63, 3.8) is 0 Å². The Balaban J connectivity index is 1.70. The molecule has 0 N–H and O–H groups in total. The summed E-state index contributed by atoms with van der Waals surface area (Å²) >= 11 is 1.64. The van der Waals surface area contributed by atoms with Crippen LogP contribution in [0.1, 0.15) is 38.6 Å². The Hall–Kier alpha value is -1.68. The summed E-state index contributed by atoms with van der Waals surface area (Å²) in [5, 5.41) is 9.80. The minimum atomic E-state index is -3.56. The van der Waals surface area contributed by atoms with E-state index in [-0.39, 0.29) is 0 Å². The zero-order valence-corrected chi connectivity index (χ0v) is 18.9. The fourth-order valence-corrected chi connectivity index (χ4v) is 6.29. The number of nitrogens with zero attached hydrogens (tertiary/aromatic N) is 4. The zero-order valence-electron chi connectivity index (χ0n) is 17.3. The molecule has 0 spiro atoms. The maximum atomic E-state index is 13.1. The summed E-state index contributed by atoms with van der Waals surface area (Å²) < 4.78 is 35.2. The summed E-state index contributed by atoms with van der Waals surface area (Å²) in [5.74, 6) is 1.53. The van der Waals surface area contributed by atoms with Crippen molar-refractivity contribution in [3.05, 3.63) is 36.4 Å². The van der Waals surface area contributed by atoms with Crippen molar-refractivity contribution >= 4 is 21.8 Å². The molecule has 0 radical (unpaired) electrons. The molecule has 0 bridgehead atoms. The number of hydrogen-bond acceptors (Lipinski definition) is 6. The van der Waals surface area contributed by atoms with Gasteiger partial charge in [0, 0.05) is 30.4 Å². The first-order chi connectivity index (χ1) is 14.5. The molecule has 2 aromatic rings. The van der Waals surface area contributed by atoms with Crippen LogP contribution < -0.4 is 0 Å². The van der Waals surface area contributed by atoms with Gasteiger partial charge in [0.25, 0.3) is 0 Å². The summed E-state index contributed by atoms with van der Waals surface area (Å²) in [6.07, 6.45) is 4.57. The first-order valence-corrected chi connectivity index (χ1v) is 12.8.